The molecule has 0 aromatic heterocycles. The summed E-state index contributed by atoms with van der Waals surface area (Å²) in [7, 11) is -3.78. The van der Waals surface area contributed by atoms with Gasteiger partial charge in [0, 0.05) is 24.5 Å². The van der Waals surface area contributed by atoms with Gasteiger partial charge in [-0.25, -0.2) is 8.42 Å². The van der Waals surface area contributed by atoms with Gasteiger partial charge in [-0.05, 0) is 18.2 Å². The minimum absolute atomic E-state index is 0.0455. The van der Waals surface area contributed by atoms with Crippen molar-refractivity contribution in [3.63, 3.8) is 0 Å². The highest BCUT2D eigenvalue weighted by atomic mass is 35.5. The van der Waals surface area contributed by atoms with Crippen LogP contribution in [0.4, 0.5) is 0 Å². The third kappa shape index (κ3) is 3.99. The second-order valence-corrected chi connectivity index (χ2v) is 6.66. The van der Waals surface area contributed by atoms with Crippen LogP contribution in [0.3, 0.4) is 0 Å². The minimum atomic E-state index is -3.78. The van der Waals surface area contributed by atoms with Crippen molar-refractivity contribution in [1.82, 2.24) is 4.31 Å². The Morgan fingerprint density at radius 3 is 2.65 bits per heavy atom. The Hall–Kier alpha value is -1.02. The van der Waals surface area contributed by atoms with E-state index in [1.54, 1.807) is 6.92 Å². The van der Waals surface area contributed by atoms with E-state index in [9.17, 15) is 8.42 Å². The molecule has 0 heterocycles. The van der Waals surface area contributed by atoms with Crippen molar-refractivity contribution in [2.75, 3.05) is 13.1 Å². The molecule has 0 atom stereocenters. The lowest BCUT2D eigenvalue weighted by Gasteiger charge is -2.20. The zero-order chi connectivity index (χ0) is 15.3. The molecule has 0 spiro atoms. The molecule has 0 fully saturated rings. The van der Waals surface area contributed by atoms with Crippen LogP contribution in [-0.2, 0) is 10.0 Å². The monoisotopic (exact) mass is 339 g/mol. The number of oxime groups is 1. The van der Waals surface area contributed by atoms with Gasteiger partial charge >= 0.3 is 0 Å². The molecule has 1 aromatic rings. The molecule has 0 aliphatic heterocycles. The molecule has 9 heteroatoms. The van der Waals surface area contributed by atoms with E-state index in [1.165, 1.54) is 22.5 Å². The van der Waals surface area contributed by atoms with Crippen LogP contribution in [0.5, 0.6) is 0 Å². The van der Waals surface area contributed by atoms with E-state index in [1.807, 2.05) is 0 Å². The average Bonchev–Trinajstić information content (AvgIpc) is 2.41. The smallest absolute Gasteiger partial charge is 0.244 e. The van der Waals surface area contributed by atoms with Gasteiger partial charge in [-0.15, -0.1) is 0 Å². The van der Waals surface area contributed by atoms with E-state index in [4.69, 9.17) is 34.1 Å². The second-order valence-electron chi connectivity index (χ2n) is 3.91. The molecule has 20 heavy (non-hydrogen) atoms. The molecule has 6 nitrogen and oxygen atoms in total. The van der Waals surface area contributed by atoms with Crippen LogP contribution in [0, 0.1) is 0 Å². The first-order valence-electron chi connectivity index (χ1n) is 5.74. The Bertz CT molecular complexity index is 605. The lowest BCUT2D eigenvalue weighted by Crippen LogP contribution is -2.34. The first-order chi connectivity index (χ1) is 9.32. The Kier molecular flexibility index (Phi) is 6.07. The largest absolute Gasteiger partial charge is 0.409 e. The van der Waals surface area contributed by atoms with Crippen molar-refractivity contribution < 1.29 is 13.6 Å². The Morgan fingerprint density at radius 1 is 1.45 bits per heavy atom. The lowest BCUT2D eigenvalue weighted by atomic mass is 10.4. The number of halogens is 2. The second kappa shape index (κ2) is 7.12. The lowest BCUT2D eigenvalue weighted by molar-refractivity contribution is 0.315. The number of sulfonamides is 1. The van der Waals surface area contributed by atoms with Gasteiger partial charge in [0.1, 0.15) is 10.7 Å². The van der Waals surface area contributed by atoms with Crippen LogP contribution >= 0.6 is 23.2 Å². The molecule has 1 rings (SSSR count). The maximum absolute atomic E-state index is 12.5. The first-order valence-corrected chi connectivity index (χ1v) is 7.94. The maximum atomic E-state index is 12.5. The van der Waals surface area contributed by atoms with Gasteiger partial charge in [0.15, 0.2) is 0 Å². The van der Waals surface area contributed by atoms with Crippen molar-refractivity contribution in [2.45, 2.75) is 18.2 Å². The summed E-state index contributed by atoms with van der Waals surface area (Å²) in [6.07, 6.45) is 0.113. The summed E-state index contributed by atoms with van der Waals surface area (Å²) < 4.78 is 26.1. The van der Waals surface area contributed by atoms with Crippen LogP contribution in [0.2, 0.25) is 10.0 Å². The molecule has 0 bridgehead atoms. The zero-order valence-electron chi connectivity index (χ0n) is 10.8. The van der Waals surface area contributed by atoms with Gasteiger partial charge in [0.2, 0.25) is 10.0 Å². The summed E-state index contributed by atoms with van der Waals surface area (Å²) in [6.45, 7) is 1.99. The topological polar surface area (TPSA) is 96.0 Å². The van der Waals surface area contributed by atoms with E-state index in [0.29, 0.717) is 0 Å². The fourth-order valence-corrected chi connectivity index (χ4v) is 3.74. The molecule has 0 aliphatic carbocycles. The number of amidine groups is 1. The molecular formula is C11H15Cl2N3O3S. The van der Waals surface area contributed by atoms with Crippen LogP contribution in [0.15, 0.2) is 28.3 Å². The number of hydrogen-bond donors (Lipinski definition) is 2. The summed E-state index contributed by atoms with van der Waals surface area (Å²) >= 11 is 11.7. The fourth-order valence-electron chi connectivity index (χ4n) is 1.55. The normalized spacial score (nSPS) is 12.9. The molecule has 0 radical (unpaired) electrons. The molecule has 0 saturated carbocycles. The van der Waals surface area contributed by atoms with E-state index >= 15 is 0 Å². The van der Waals surface area contributed by atoms with Gasteiger partial charge in [-0.2, -0.15) is 4.31 Å². The van der Waals surface area contributed by atoms with Crippen molar-refractivity contribution in [3.8, 4) is 0 Å². The molecule has 0 amide bonds. The number of rotatable bonds is 6. The predicted molar refractivity (Wildman–Crippen MR) is 78.9 cm³/mol. The number of benzene rings is 1. The molecule has 0 saturated heterocycles. The van der Waals surface area contributed by atoms with E-state index in [2.05, 4.69) is 5.16 Å². The van der Waals surface area contributed by atoms with Crippen LogP contribution in [0.1, 0.15) is 13.3 Å². The molecule has 3 N–H and O–H groups in total. The molecule has 0 aliphatic rings. The number of hydrogen-bond acceptors (Lipinski definition) is 4. The van der Waals surface area contributed by atoms with Crippen LogP contribution in [0.25, 0.3) is 0 Å². The SMILES string of the molecule is CCN(CCC(N)=NO)S(=O)(=O)c1cc(Cl)ccc1Cl. The first kappa shape index (κ1) is 17.0. The van der Waals surface area contributed by atoms with Gasteiger partial charge in [0.25, 0.3) is 0 Å². The van der Waals surface area contributed by atoms with Gasteiger partial charge < -0.3 is 10.9 Å². The summed E-state index contributed by atoms with van der Waals surface area (Å²) in [5, 5.41) is 11.7. The quantitative estimate of drug-likeness (QED) is 0.359. The Morgan fingerprint density at radius 2 is 2.10 bits per heavy atom. The van der Waals surface area contributed by atoms with Gasteiger partial charge in [-0.1, -0.05) is 35.3 Å². The fraction of sp³-hybridized carbons (Fsp3) is 0.364. The zero-order valence-corrected chi connectivity index (χ0v) is 13.1. The minimum Gasteiger partial charge on any atom is -0.409 e. The third-order valence-corrected chi connectivity index (χ3v) is 5.30. The van der Waals surface area contributed by atoms with Crippen molar-refractivity contribution >= 4 is 39.1 Å². The van der Waals surface area contributed by atoms with E-state index in [0.717, 1.165) is 0 Å². The standard InChI is InChI=1S/C11H15Cl2N3O3S/c1-2-16(6-5-11(14)15-17)20(18,19)10-7-8(12)3-4-9(10)13/h3-4,7,17H,2,5-6H2,1H3,(H2,14,15). The highest BCUT2D eigenvalue weighted by molar-refractivity contribution is 7.89. The summed E-state index contributed by atoms with van der Waals surface area (Å²) in [4.78, 5) is -0.0620. The molecular weight excluding hydrogens is 325 g/mol. The van der Waals surface area contributed by atoms with Crippen LogP contribution < -0.4 is 5.73 Å². The highest BCUT2D eigenvalue weighted by Crippen LogP contribution is 2.27. The predicted octanol–water partition coefficient (Wildman–Crippen LogP) is 2.14. The highest BCUT2D eigenvalue weighted by Gasteiger charge is 2.25. The summed E-state index contributed by atoms with van der Waals surface area (Å²) in [5.74, 6) is -0.0455. The van der Waals surface area contributed by atoms with Gasteiger partial charge in [-0.3, -0.25) is 0 Å². The Labute approximate surface area is 127 Å². The number of nitrogens with zero attached hydrogens (tertiary/aromatic N) is 2. The van der Waals surface area contributed by atoms with Crippen molar-refractivity contribution in [2.24, 2.45) is 10.9 Å². The Balaban J connectivity index is 3.09. The average molecular weight is 340 g/mol. The third-order valence-electron chi connectivity index (χ3n) is 2.61. The van der Waals surface area contributed by atoms with Gasteiger partial charge in [0.05, 0.1) is 5.02 Å². The van der Waals surface area contributed by atoms with E-state index < -0.39 is 10.0 Å². The van der Waals surface area contributed by atoms with Crippen molar-refractivity contribution in [3.05, 3.63) is 28.2 Å². The van der Waals surface area contributed by atoms with E-state index in [-0.39, 0.29) is 40.3 Å². The maximum Gasteiger partial charge on any atom is 0.244 e. The summed E-state index contributed by atoms with van der Waals surface area (Å²) in [5.41, 5.74) is 5.34. The molecule has 0 unspecified atom stereocenters. The molecule has 1 aromatic carbocycles. The van der Waals surface area contributed by atoms with Crippen molar-refractivity contribution in [1.29, 1.82) is 0 Å². The van der Waals surface area contributed by atoms with Crippen LogP contribution in [-0.4, -0.2) is 36.9 Å². The molecule has 112 valence electrons. The number of nitrogens with two attached hydrogens (primary N) is 1. The summed E-state index contributed by atoms with van der Waals surface area (Å²) in [6, 6.07) is 4.23.